The molecule has 0 aliphatic carbocycles. The molecule has 32 valence electrons. The first-order valence-corrected chi connectivity index (χ1v) is 0. The van der Waals surface area contributed by atoms with Crippen LogP contribution in [0.2, 0.25) is 0 Å². The van der Waals surface area contributed by atoms with Gasteiger partial charge in [0.2, 0.25) is 0 Å². The number of hydrogen-bond acceptors (Lipinski definition) is 0. The maximum absolute atomic E-state index is 0. The van der Waals surface area contributed by atoms with Crippen LogP contribution in [0.25, 0.3) is 0 Å². The zero-order valence-electron chi connectivity index (χ0n) is 1.63. The van der Waals surface area contributed by atoms with Crippen molar-refractivity contribution in [3.05, 3.63) is 0 Å². The normalized spacial score (nSPS) is 0. The molecule has 0 radical (unpaired) electrons. The first-order chi connectivity index (χ1) is 0. The number of halogens is 4. The second-order valence-electron chi connectivity index (χ2n) is 0. The molecule has 4 heavy (non-hydrogen) atoms. The average molecular weight is 279 g/mol. The molecule has 0 rings (SSSR count). The molecule has 0 heterocycles. The van der Waals surface area contributed by atoms with Crippen molar-refractivity contribution in [2.75, 3.05) is 0 Å². The molecule has 0 aromatic rings. The van der Waals surface area contributed by atoms with E-state index in [9.17, 15) is 0 Å². The molecule has 0 unspecified atom stereocenters. The fourth-order valence-electron chi connectivity index (χ4n) is 0. The van der Waals surface area contributed by atoms with Crippen LogP contribution in [0.15, 0.2) is 0 Å². The van der Waals surface area contributed by atoms with Gasteiger partial charge >= 0.3 is 0 Å². The zero-order valence-corrected chi connectivity index (χ0v) is 7.59. The molecular weight excluding hydrogens is 275 g/mol. The van der Waals surface area contributed by atoms with Gasteiger partial charge in [-0.3, -0.25) is 0 Å². The van der Waals surface area contributed by atoms with E-state index in [1.807, 2.05) is 0 Å². The summed E-state index contributed by atoms with van der Waals surface area (Å²) in [6.45, 7) is 0. The number of hydrogen-bond donors (Lipinski definition) is 0. The minimum absolute atomic E-state index is 0. The highest BCUT2D eigenvalue weighted by atomic mass is 79.9. The van der Waals surface area contributed by atoms with Gasteiger partial charge in [0, 0.05) is 0 Å². The Morgan fingerprint density at radius 2 is 0.500 bits per heavy atom. The smallest absolute Gasteiger partial charge is 0.114 e. The molecule has 4 heteroatoms. The Labute approximate surface area is 63.1 Å². The van der Waals surface area contributed by atoms with E-state index in [1.54, 1.807) is 0 Å². The van der Waals surface area contributed by atoms with Crippen LogP contribution in [0.5, 0.6) is 0 Å². The summed E-state index contributed by atoms with van der Waals surface area (Å²) >= 11 is 0. The van der Waals surface area contributed by atoms with Crippen LogP contribution in [0.1, 0.15) is 0 Å². The molecule has 0 saturated carbocycles. The molecule has 0 bridgehead atoms. The third kappa shape index (κ3) is 9.29. The maximum Gasteiger partial charge on any atom is -0.114 e. The molecule has 0 aliphatic heterocycles. The lowest BCUT2D eigenvalue weighted by Crippen LogP contribution is 0.689. The first-order valence-electron chi connectivity index (χ1n) is 0. The van der Waals surface area contributed by atoms with Gasteiger partial charge in [0.15, 0.2) is 0 Å². The van der Waals surface area contributed by atoms with Gasteiger partial charge < -0.3 is 0 Å². The van der Waals surface area contributed by atoms with Crippen LogP contribution >= 0.6 is 63.4 Å². The third-order valence-electron chi connectivity index (χ3n) is 0. The summed E-state index contributed by atoms with van der Waals surface area (Å²) in [5.74, 6) is 0. The molecule has 0 aromatic carbocycles. The Morgan fingerprint density at radius 3 is 0.500 bits per heavy atom. The average Bonchev–Trinajstić information content (AvgIpc) is 0. The third-order valence-corrected chi connectivity index (χ3v) is 0. The Balaban J connectivity index is 0. The minimum atomic E-state index is 0. The standard InChI is InChI=1S/3BrH.ClH/h4*1H. The van der Waals surface area contributed by atoms with Crippen LogP contribution < -0.4 is 0 Å². The lowest BCUT2D eigenvalue weighted by molar-refractivity contribution is 5.85. The Morgan fingerprint density at radius 1 is 0.500 bits per heavy atom. The highest BCUT2D eigenvalue weighted by Gasteiger charge is -0.112. The van der Waals surface area contributed by atoms with Gasteiger partial charge in [-0.1, -0.05) is 0 Å². The van der Waals surface area contributed by atoms with E-state index in [0.717, 1.165) is 0 Å². The van der Waals surface area contributed by atoms with Gasteiger partial charge in [0.1, 0.15) is 0 Å². The predicted octanol–water partition coefficient (Wildman–Crippen LogP) is 2.16. The molecule has 0 spiro atoms. The van der Waals surface area contributed by atoms with Gasteiger partial charge in [0.05, 0.1) is 0 Å². The Hall–Kier alpha value is 1.73. The largest absolute Gasteiger partial charge is 0.147 e. The molecule has 0 N–H and O–H groups in total. The highest BCUT2D eigenvalue weighted by Crippen LogP contribution is 0.848. The molecule has 0 saturated heterocycles. The highest BCUT2D eigenvalue weighted by molar-refractivity contribution is 8.93. The van der Waals surface area contributed by atoms with Gasteiger partial charge in [0.25, 0.3) is 0 Å². The number of rotatable bonds is 0. The molecule has 0 aliphatic rings. The summed E-state index contributed by atoms with van der Waals surface area (Å²) in [5.41, 5.74) is 0. The fraction of sp³-hybridized carbons (Fsp3) is 0. The van der Waals surface area contributed by atoms with E-state index in [4.69, 9.17) is 0 Å². The quantitative estimate of drug-likeness (QED) is 0.637. The molecular formula is H4Br3Cl. The van der Waals surface area contributed by atoms with Crippen LogP contribution in [0.4, 0.5) is 0 Å². The first kappa shape index (κ1) is 42.8. The minimum Gasteiger partial charge on any atom is -0.147 e. The van der Waals surface area contributed by atoms with E-state index in [2.05, 4.69) is 0 Å². The lowest BCUT2D eigenvalue weighted by atomic mass is 35.5. The summed E-state index contributed by atoms with van der Waals surface area (Å²) in [5, 5.41) is 0. The maximum atomic E-state index is 0. The van der Waals surface area contributed by atoms with Gasteiger partial charge in [-0.05, 0) is 0 Å². The lowest BCUT2D eigenvalue weighted by Gasteiger charge is -0.147. The van der Waals surface area contributed by atoms with Crippen LogP contribution in [-0.4, -0.2) is 0 Å². The molecule has 0 fully saturated rings. The summed E-state index contributed by atoms with van der Waals surface area (Å²) in [6, 6.07) is 0. The molecule has 0 atom stereocenters. The van der Waals surface area contributed by atoms with Gasteiger partial charge in [-0.25, -0.2) is 0 Å². The van der Waals surface area contributed by atoms with E-state index >= 15 is 0 Å². The van der Waals surface area contributed by atoms with Crippen LogP contribution in [-0.2, 0) is 0 Å². The van der Waals surface area contributed by atoms with Crippen molar-refractivity contribution in [1.82, 2.24) is 0 Å². The van der Waals surface area contributed by atoms with Crippen molar-refractivity contribution in [2.45, 2.75) is 0 Å². The van der Waals surface area contributed by atoms with Crippen molar-refractivity contribution in [2.24, 2.45) is 0 Å². The summed E-state index contributed by atoms with van der Waals surface area (Å²) in [4.78, 5) is 0. The Kier molecular flexibility index (Phi) is 235. The van der Waals surface area contributed by atoms with Crippen molar-refractivity contribution in [3.63, 3.8) is 0 Å². The SMILES string of the molecule is Br.Br.Br.Cl. The van der Waals surface area contributed by atoms with E-state index in [-0.39, 0.29) is 63.4 Å². The van der Waals surface area contributed by atoms with Crippen LogP contribution in [0, 0.1) is 0 Å². The van der Waals surface area contributed by atoms with Gasteiger partial charge in [-0.15, -0.1) is 63.4 Å². The van der Waals surface area contributed by atoms with Crippen molar-refractivity contribution >= 4 is 63.4 Å². The molecule has 0 amide bonds. The fourth-order valence-corrected chi connectivity index (χ4v) is 0. The second kappa shape index (κ2) is 22.0. The van der Waals surface area contributed by atoms with Crippen molar-refractivity contribution in [3.8, 4) is 0 Å². The van der Waals surface area contributed by atoms with E-state index < -0.39 is 0 Å². The Bertz CT molecular complexity index is 3.25. The second-order valence-corrected chi connectivity index (χ2v) is 0. The summed E-state index contributed by atoms with van der Waals surface area (Å²) in [6.07, 6.45) is 0. The molecule has 0 aromatic heterocycles. The predicted molar refractivity (Wildman–Crippen MR) is 38.2 cm³/mol. The van der Waals surface area contributed by atoms with Crippen molar-refractivity contribution < 1.29 is 0 Å². The van der Waals surface area contributed by atoms with Crippen molar-refractivity contribution in [1.29, 1.82) is 0 Å². The van der Waals surface area contributed by atoms with E-state index in [0.29, 0.717) is 0 Å². The van der Waals surface area contributed by atoms with Gasteiger partial charge in [-0.2, -0.15) is 0 Å². The topological polar surface area (TPSA) is 0 Å². The summed E-state index contributed by atoms with van der Waals surface area (Å²) < 4.78 is 0. The zero-order chi connectivity index (χ0) is 0. The molecule has 0 nitrogen and oxygen atoms in total. The van der Waals surface area contributed by atoms with Crippen LogP contribution in [0.3, 0.4) is 0 Å². The summed E-state index contributed by atoms with van der Waals surface area (Å²) in [7, 11) is 0. The monoisotopic (exact) mass is 276 g/mol. The van der Waals surface area contributed by atoms with E-state index in [1.165, 1.54) is 0 Å².